The molecule has 2 atom stereocenters. The van der Waals surface area contributed by atoms with Crippen molar-refractivity contribution in [3.05, 3.63) is 0 Å². The van der Waals surface area contributed by atoms with Crippen LogP contribution in [0.15, 0.2) is 4.99 Å². The second-order valence-electron chi connectivity index (χ2n) is 5.96. The van der Waals surface area contributed by atoms with E-state index in [0.717, 1.165) is 24.2 Å². The number of thioether (sulfide) groups is 1. The summed E-state index contributed by atoms with van der Waals surface area (Å²) in [5.41, 5.74) is 0. The van der Waals surface area contributed by atoms with Crippen LogP contribution in [0.2, 0.25) is 0 Å². The van der Waals surface area contributed by atoms with Gasteiger partial charge in [-0.25, -0.2) is 4.99 Å². The molecule has 0 aromatic rings. The van der Waals surface area contributed by atoms with Crippen LogP contribution in [0.5, 0.6) is 0 Å². The highest BCUT2D eigenvalue weighted by Gasteiger charge is 2.22. The first-order valence-corrected chi connectivity index (χ1v) is 9.48. The molecule has 0 bridgehead atoms. The molecule has 0 saturated heterocycles. The topological polar surface area (TPSA) is 56.7 Å². The molecule has 136 valence electrons. The van der Waals surface area contributed by atoms with Gasteiger partial charge in [0.1, 0.15) is 6.54 Å². The lowest BCUT2D eigenvalue weighted by atomic mass is 9.95. The van der Waals surface area contributed by atoms with Crippen LogP contribution in [0.3, 0.4) is 0 Å². The molecule has 0 spiro atoms. The number of likely N-dealkylation sites (N-methyl/N-ethyl adjacent to an activating group) is 1. The molecule has 0 radical (unpaired) electrons. The lowest BCUT2D eigenvalue weighted by Crippen LogP contribution is -2.46. The van der Waals surface area contributed by atoms with E-state index in [1.54, 1.807) is 19.0 Å². The molecule has 1 saturated carbocycles. The minimum atomic E-state index is 0. The van der Waals surface area contributed by atoms with Crippen LogP contribution in [-0.2, 0) is 4.79 Å². The molecule has 1 amide bonds. The second-order valence-corrected chi connectivity index (χ2v) is 7.54. The summed E-state index contributed by atoms with van der Waals surface area (Å²) >= 11 is 2.06. The van der Waals surface area contributed by atoms with Gasteiger partial charge in [0.2, 0.25) is 5.91 Å². The standard InChI is InChI=1S/C16H32N4OS.HI/c1-5-10-17-16(18-12-15(21)20(3)4)19-13-8-7-9-14(11-13)22-6-2;/h13-14H,5-12H2,1-4H3,(H2,17,18,19);1H. The summed E-state index contributed by atoms with van der Waals surface area (Å²) < 4.78 is 0. The minimum Gasteiger partial charge on any atom is -0.356 e. The number of aliphatic imine (C=N–C) groups is 1. The first kappa shape index (κ1) is 22.8. The average Bonchev–Trinajstić information content (AvgIpc) is 2.50. The van der Waals surface area contributed by atoms with Gasteiger partial charge in [0, 0.05) is 31.9 Å². The number of halogens is 1. The van der Waals surface area contributed by atoms with Gasteiger partial charge >= 0.3 is 0 Å². The molecule has 0 heterocycles. The molecule has 1 aliphatic carbocycles. The zero-order valence-electron chi connectivity index (χ0n) is 14.9. The van der Waals surface area contributed by atoms with Crippen LogP contribution in [0.4, 0.5) is 0 Å². The van der Waals surface area contributed by atoms with Crippen LogP contribution in [0, 0.1) is 0 Å². The molecular weight excluding hydrogens is 423 g/mol. The number of nitrogens with zero attached hydrogens (tertiary/aromatic N) is 2. The third-order valence-electron chi connectivity index (χ3n) is 3.78. The Balaban J connectivity index is 0.00000484. The Morgan fingerprint density at radius 3 is 2.65 bits per heavy atom. The molecule has 2 unspecified atom stereocenters. The molecule has 23 heavy (non-hydrogen) atoms. The first-order chi connectivity index (χ1) is 10.6. The normalized spacial score (nSPS) is 21.3. The highest BCUT2D eigenvalue weighted by atomic mass is 127. The van der Waals surface area contributed by atoms with Gasteiger partial charge in [-0.1, -0.05) is 20.3 Å². The van der Waals surface area contributed by atoms with Crippen molar-refractivity contribution in [1.82, 2.24) is 15.5 Å². The fourth-order valence-corrected chi connectivity index (χ4v) is 3.71. The van der Waals surface area contributed by atoms with Gasteiger partial charge in [-0.3, -0.25) is 4.79 Å². The van der Waals surface area contributed by atoms with Gasteiger partial charge in [0.25, 0.3) is 0 Å². The number of hydrogen-bond donors (Lipinski definition) is 2. The maximum Gasteiger partial charge on any atom is 0.243 e. The monoisotopic (exact) mass is 456 g/mol. The maximum absolute atomic E-state index is 11.7. The van der Waals surface area contributed by atoms with E-state index >= 15 is 0 Å². The Hall–Kier alpha value is -0.180. The maximum atomic E-state index is 11.7. The summed E-state index contributed by atoms with van der Waals surface area (Å²) in [7, 11) is 3.52. The summed E-state index contributed by atoms with van der Waals surface area (Å²) in [4.78, 5) is 17.7. The highest BCUT2D eigenvalue weighted by Crippen LogP contribution is 2.28. The number of rotatable bonds is 7. The zero-order chi connectivity index (χ0) is 16.4. The van der Waals surface area contributed by atoms with E-state index in [2.05, 4.69) is 41.2 Å². The van der Waals surface area contributed by atoms with E-state index in [-0.39, 0.29) is 36.4 Å². The van der Waals surface area contributed by atoms with Crippen molar-refractivity contribution in [3.63, 3.8) is 0 Å². The Bertz CT molecular complexity index is 364. The average molecular weight is 456 g/mol. The van der Waals surface area contributed by atoms with E-state index in [1.807, 2.05) is 0 Å². The fourth-order valence-electron chi connectivity index (χ4n) is 2.54. The number of hydrogen-bond acceptors (Lipinski definition) is 3. The third-order valence-corrected chi connectivity index (χ3v) is 5.02. The van der Waals surface area contributed by atoms with E-state index in [1.165, 1.54) is 31.4 Å². The Morgan fingerprint density at radius 2 is 2.04 bits per heavy atom. The number of nitrogens with one attached hydrogen (secondary N) is 2. The zero-order valence-corrected chi connectivity index (χ0v) is 18.1. The Labute approximate surface area is 162 Å². The van der Waals surface area contributed by atoms with Gasteiger partial charge in [-0.05, 0) is 31.4 Å². The fraction of sp³-hybridized carbons (Fsp3) is 0.875. The number of guanidine groups is 1. The van der Waals surface area contributed by atoms with Gasteiger partial charge in [0.05, 0.1) is 0 Å². The molecule has 0 aliphatic heterocycles. The van der Waals surface area contributed by atoms with Crippen molar-refractivity contribution < 1.29 is 4.79 Å². The van der Waals surface area contributed by atoms with Crippen LogP contribution in [-0.4, -0.2) is 61.0 Å². The van der Waals surface area contributed by atoms with Crippen LogP contribution < -0.4 is 10.6 Å². The molecule has 7 heteroatoms. The number of amides is 1. The summed E-state index contributed by atoms with van der Waals surface area (Å²) in [5.74, 6) is 1.99. The summed E-state index contributed by atoms with van der Waals surface area (Å²) in [5, 5.41) is 7.60. The molecule has 1 aliphatic rings. The molecule has 0 aromatic carbocycles. The van der Waals surface area contributed by atoms with E-state index in [4.69, 9.17) is 0 Å². The smallest absolute Gasteiger partial charge is 0.243 e. The molecule has 1 fully saturated rings. The molecular formula is C16H33IN4OS. The van der Waals surface area contributed by atoms with Crippen LogP contribution in [0.25, 0.3) is 0 Å². The third kappa shape index (κ3) is 9.64. The van der Waals surface area contributed by atoms with Crippen molar-refractivity contribution >= 4 is 47.6 Å². The summed E-state index contributed by atoms with van der Waals surface area (Å²) in [6.07, 6.45) is 6.02. The largest absolute Gasteiger partial charge is 0.356 e. The van der Waals surface area contributed by atoms with Crippen molar-refractivity contribution in [3.8, 4) is 0 Å². The predicted octanol–water partition coefficient (Wildman–Crippen LogP) is 2.70. The molecule has 0 aromatic heterocycles. The Morgan fingerprint density at radius 1 is 1.30 bits per heavy atom. The van der Waals surface area contributed by atoms with Gasteiger partial charge in [-0.15, -0.1) is 24.0 Å². The van der Waals surface area contributed by atoms with Crippen molar-refractivity contribution in [1.29, 1.82) is 0 Å². The SMILES string of the molecule is CCCNC(=NCC(=O)N(C)C)NC1CCCC(SCC)C1.I. The van der Waals surface area contributed by atoms with Gasteiger partial charge in [-0.2, -0.15) is 11.8 Å². The highest BCUT2D eigenvalue weighted by molar-refractivity contribution is 14.0. The molecule has 5 nitrogen and oxygen atoms in total. The van der Waals surface area contributed by atoms with Crippen LogP contribution in [0.1, 0.15) is 46.0 Å². The summed E-state index contributed by atoms with van der Waals surface area (Å²) in [6, 6.07) is 0.468. The first-order valence-electron chi connectivity index (χ1n) is 8.43. The van der Waals surface area contributed by atoms with E-state index in [9.17, 15) is 4.79 Å². The summed E-state index contributed by atoms with van der Waals surface area (Å²) in [6.45, 7) is 5.43. The van der Waals surface area contributed by atoms with Crippen molar-refractivity contribution in [2.24, 2.45) is 4.99 Å². The quantitative estimate of drug-likeness (QED) is 0.352. The van der Waals surface area contributed by atoms with Crippen LogP contribution >= 0.6 is 35.7 Å². The minimum absolute atomic E-state index is 0. The van der Waals surface area contributed by atoms with E-state index < -0.39 is 0 Å². The predicted molar refractivity (Wildman–Crippen MR) is 112 cm³/mol. The van der Waals surface area contributed by atoms with Gasteiger partial charge < -0.3 is 15.5 Å². The van der Waals surface area contributed by atoms with Gasteiger partial charge in [0.15, 0.2) is 5.96 Å². The van der Waals surface area contributed by atoms with E-state index in [0.29, 0.717) is 6.04 Å². The molecule has 2 N–H and O–H groups in total. The lowest BCUT2D eigenvalue weighted by molar-refractivity contribution is -0.127. The van der Waals surface area contributed by atoms with Crippen molar-refractivity contribution in [2.75, 3.05) is 32.9 Å². The van der Waals surface area contributed by atoms with Crippen molar-refractivity contribution in [2.45, 2.75) is 57.2 Å². The lowest BCUT2D eigenvalue weighted by Gasteiger charge is -2.30. The number of carbonyl (C=O) groups excluding carboxylic acids is 1. The number of carbonyl (C=O) groups is 1. The second kappa shape index (κ2) is 13.1. The molecule has 1 rings (SSSR count). The Kier molecular flexibility index (Phi) is 13.0.